The number of carbonyl (C=O) groups excluding carboxylic acids is 1. The molecule has 72 valence electrons. The average Bonchev–Trinajstić information content (AvgIpc) is 2.52. The average molecular weight is 202 g/mol. The van der Waals surface area contributed by atoms with Crippen molar-refractivity contribution in [2.24, 2.45) is 0 Å². The third-order valence-electron chi connectivity index (χ3n) is 1.31. The molecule has 1 aromatic rings. The topological polar surface area (TPSA) is 71.5 Å². The van der Waals surface area contributed by atoms with Gasteiger partial charge in [0.2, 0.25) is 0 Å². The van der Waals surface area contributed by atoms with Gasteiger partial charge in [0.1, 0.15) is 4.88 Å². The van der Waals surface area contributed by atoms with Crippen molar-refractivity contribution >= 4 is 17.2 Å². The Balaban J connectivity index is 2.45. The summed E-state index contributed by atoms with van der Waals surface area (Å²) in [4.78, 5) is 20.4. The van der Waals surface area contributed by atoms with Gasteiger partial charge in [0.25, 0.3) is 5.91 Å². The third kappa shape index (κ3) is 2.76. The zero-order valence-corrected chi connectivity index (χ0v) is 7.93. The van der Waals surface area contributed by atoms with Gasteiger partial charge >= 0.3 is 0 Å². The largest absolute Gasteiger partial charge is 0.394 e. The van der Waals surface area contributed by atoms with Crippen molar-refractivity contribution < 1.29 is 14.7 Å². The van der Waals surface area contributed by atoms with Crippen LogP contribution in [0.4, 0.5) is 0 Å². The maximum absolute atomic E-state index is 11.3. The van der Waals surface area contributed by atoms with E-state index < -0.39 is 0 Å². The van der Waals surface area contributed by atoms with Crippen LogP contribution in [0.15, 0.2) is 5.51 Å². The van der Waals surface area contributed by atoms with Gasteiger partial charge in [-0.05, 0) is 6.92 Å². The second-order valence-electron chi connectivity index (χ2n) is 2.27. The Morgan fingerprint density at radius 2 is 2.62 bits per heavy atom. The fourth-order valence-electron chi connectivity index (χ4n) is 0.728. The summed E-state index contributed by atoms with van der Waals surface area (Å²) < 4.78 is 0. The van der Waals surface area contributed by atoms with Crippen molar-refractivity contribution in [3.8, 4) is 0 Å². The quantitative estimate of drug-likeness (QED) is 0.537. The van der Waals surface area contributed by atoms with Crippen LogP contribution in [0, 0.1) is 6.92 Å². The van der Waals surface area contributed by atoms with Crippen LogP contribution in [0.3, 0.4) is 0 Å². The van der Waals surface area contributed by atoms with Gasteiger partial charge in [0.05, 0.1) is 24.4 Å². The van der Waals surface area contributed by atoms with Gasteiger partial charge in [0.15, 0.2) is 0 Å². The summed E-state index contributed by atoms with van der Waals surface area (Å²) in [6, 6.07) is 0. The molecule has 6 heteroatoms. The molecule has 13 heavy (non-hydrogen) atoms. The number of thiazole rings is 1. The highest BCUT2D eigenvalue weighted by Crippen LogP contribution is 2.11. The number of hydrogen-bond acceptors (Lipinski definition) is 5. The fraction of sp³-hybridized carbons (Fsp3) is 0.429. The molecule has 1 amide bonds. The van der Waals surface area contributed by atoms with Crippen LogP contribution in [0.5, 0.6) is 0 Å². The van der Waals surface area contributed by atoms with E-state index in [2.05, 4.69) is 15.3 Å². The number of carbonyl (C=O) groups is 1. The standard InChI is InChI=1S/C7H10N2O3S/c1-5-6(13-4-8-5)7(11)9-12-3-2-10/h4,10H,2-3H2,1H3,(H,9,11). The molecule has 1 aromatic heterocycles. The molecule has 2 N–H and O–H groups in total. The van der Waals surface area contributed by atoms with Crippen LogP contribution in [-0.2, 0) is 4.84 Å². The van der Waals surface area contributed by atoms with E-state index in [0.29, 0.717) is 10.6 Å². The van der Waals surface area contributed by atoms with E-state index in [-0.39, 0.29) is 19.1 Å². The SMILES string of the molecule is Cc1ncsc1C(=O)NOCCO. The zero-order chi connectivity index (χ0) is 9.68. The maximum Gasteiger partial charge on any atom is 0.286 e. The Labute approximate surface area is 79.3 Å². The van der Waals surface area contributed by atoms with Gasteiger partial charge in [-0.1, -0.05) is 0 Å². The van der Waals surface area contributed by atoms with Crippen molar-refractivity contribution in [2.45, 2.75) is 6.92 Å². The van der Waals surface area contributed by atoms with Crippen LogP contribution in [0.2, 0.25) is 0 Å². The number of amides is 1. The van der Waals surface area contributed by atoms with Crippen LogP contribution in [-0.4, -0.2) is 29.2 Å². The van der Waals surface area contributed by atoms with Gasteiger partial charge in [-0.15, -0.1) is 11.3 Å². The fourth-order valence-corrected chi connectivity index (χ4v) is 1.42. The van der Waals surface area contributed by atoms with E-state index in [1.807, 2.05) is 0 Å². The number of aliphatic hydroxyl groups excluding tert-OH is 1. The van der Waals surface area contributed by atoms with Gasteiger partial charge in [-0.25, -0.2) is 10.5 Å². The van der Waals surface area contributed by atoms with Crippen LogP contribution < -0.4 is 5.48 Å². The molecule has 0 atom stereocenters. The van der Waals surface area contributed by atoms with Crippen molar-refractivity contribution in [2.75, 3.05) is 13.2 Å². The lowest BCUT2D eigenvalue weighted by Gasteiger charge is -2.02. The minimum absolute atomic E-state index is 0.0869. The summed E-state index contributed by atoms with van der Waals surface area (Å²) in [6.45, 7) is 1.71. The van der Waals surface area contributed by atoms with E-state index in [1.165, 1.54) is 11.3 Å². The summed E-state index contributed by atoms with van der Waals surface area (Å²) in [5, 5.41) is 8.38. The van der Waals surface area contributed by atoms with E-state index in [9.17, 15) is 4.79 Å². The van der Waals surface area contributed by atoms with E-state index in [1.54, 1.807) is 12.4 Å². The van der Waals surface area contributed by atoms with Crippen molar-refractivity contribution in [1.29, 1.82) is 0 Å². The van der Waals surface area contributed by atoms with Crippen LogP contribution >= 0.6 is 11.3 Å². The molecule has 0 aliphatic heterocycles. The first-order valence-electron chi connectivity index (χ1n) is 3.68. The third-order valence-corrected chi connectivity index (χ3v) is 2.24. The Morgan fingerprint density at radius 1 is 1.85 bits per heavy atom. The molecule has 0 aromatic carbocycles. The molecule has 0 aliphatic carbocycles. The number of hydroxylamine groups is 1. The number of hydrogen-bond donors (Lipinski definition) is 2. The highest BCUT2D eigenvalue weighted by atomic mass is 32.1. The Hall–Kier alpha value is -0.980. The second kappa shape index (κ2) is 4.90. The minimum atomic E-state index is -0.326. The molecular formula is C7H10N2O3S. The first-order valence-corrected chi connectivity index (χ1v) is 4.56. The smallest absolute Gasteiger partial charge is 0.286 e. The Bertz CT molecular complexity index is 287. The summed E-state index contributed by atoms with van der Waals surface area (Å²) in [5.41, 5.74) is 4.47. The summed E-state index contributed by atoms with van der Waals surface area (Å²) >= 11 is 1.25. The van der Waals surface area contributed by atoms with E-state index in [4.69, 9.17) is 5.11 Å². The predicted octanol–water partition coefficient (Wildman–Crippen LogP) is 0.105. The monoisotopic (exact) mass is 202 g/mol. The Kier molecular flexibility index (Phi) is 3.81. The molecule has 0 saturated heterocycles. The van der Waals surface area contributed by atoms with Crippen molar-refractivity contribution in [3.63, 3.8) is 0 Å². The summed E-state index contributed by atoms with van der Waals surface area (Å²) in [5.74, 6) is -0.326. The lowest BCUT2D eigenvalue weighted by Crippen LogP contribution is -2.24. The van der Waals surface area contributed by atoms with Gasteiger partial charge < -0.3 is 5.11 Å². The number of nitrogens with one attached hydrogen (secondary N) is 1. The number of aromatic nitrogens is 1. The summed E-state index contributed by atoms with van der Waals surface area (Å²) in [6.07, 6.45) is 0. The lowest BCUT2D eigenvalue weighted by atomic mass is 10.4. The Morgan fingerprint density at radius 3 is 3.15 bits per heavy atom. The minimum Gasteiger partial charge on any atom is -0.394 e. The van der Waals surface area contributed by atoms with Gasteiger partial charge in [-0.2, -0.15) is 0 Å². The highest BCUT2D eigenvalue weighted by molar-refractivity contribution is 7.11. The predicted molar refractivity (Wildman–Crippen MR) is 47.4 cm³/mol. The number of aliphatic hydroxyl groups is 1. The number of nitrogens with zero attached hydrogens (tertiary/aromatic N) is 1. The first kappa shape index (κ1) is 10.1. The molecule has 1 rings (SSSR count). The van der Waals surface area contributed by atoms with Gasteiger partial charge in [0, 0.05) is 0 Å². The van der Waals surface area contributed by atoms with E-state index >= 15 is 0 Å². The highest BCUT2D eigenvalue weighted by Gasteiger charge is 2.10. The number of aryl methyl sites for hydroxylation is 1. The lowest BCUT2D eigenvalue weighted by molar-refractivity contribution is 0.0171. The zero-order valence-electron chi connectivity index (χ0n) is 7.11. The number of rotatable bonds is 4. The summed E-state index contributed by atoms with van der Waals surface area (Å²) in [7, 11) is 0. The van der Waals surface area contributed by atoms with Crippen molar-refractivity contribution in [3.05, 3.63) is 16.1 Å². The molecule has 0 saturated carbocycles. The van der Waals surface area contributed by atoms with Crippen LogP contribution in [0.25, 0.3) is 0 Å². The molecular weight excluding hydrogens is 192 g/mol. The van der Waals surface area contributed by atoms with E-state index in [0.717, 1.165) is 0 Å². The molecule has 0 bridgehead atoms. The maximum atomic E-state index is 11.3. The van der Waals surface area contributed by atoms with Crippen LogP contribution in [0.1, 0.15) is 15.4 Å². The van der Waals surface area contributed by atoms with Gasteiger partial charge in [-0.3, -0.25) is 9.63 Å². The molecule has 0 fully saturated rings. The molecule has 0 spiro atoms. The first-order chi connectivity index (χ1) is 6.25. The van der Waals surface area contributed by atoms with Crippen molar-refractivity contribution in [1.82, 2.24) is 10.5 Å². The molecule has 0 radical (unpaired) electrons. The normalized spacial score (nSPS) is 10.0. The molecule has 5 nitrogen and oxygen atoms in total. The molecule has 0 unspecified atom stereocenters. The molecule has 0 aliphatic rings. The molecule has 1 heterocycles. The second-order valence-corrected chi connectivity index (χ2v) is 3.12.